The van der Waals surface area contributed by atoms with Crippen LogP contribution < -0.4 is 5.56 Å². The van der Waals surface area contributed by atoms with E-state index in [0.717, 1.165) is 0 Å². The zero-order chi connectivity index (χ0) is 14.7. The van der Waals surface area contributed by atoms with E-state index in [0.29, 0.717) is 0 Å². The van der Waals surface area contributed by atoms with Gasteiger partial charge in [0.1, 0.15) is 5.82 Å². The number of H-pyrrole nitrogens is 1. The van der Waals surface area contributed by atoms with Gasteiger partial charge in [-0.25, -0.2) is 4.39 Å². The first kappa shape index (κ1) is 14.3. The topological polar surface area (TPSA) is 53.2 Å². The Bertz CT molecular complexity index is 679. The Morgan fingerprint density at radius 3 is 2.80 bits per heavy atom. The van der Waals surface area contributed by atoms with E-state index in [4.69, 9.17) is 11.6 Å². The third-order valence-corrected chi connectivity index (χ3v) is 3.18. The molecule has 1 amide bonds. The van der Waals surface area contributed by atoms with Crippen molar-refractivity contribution < 1.29 is 9.18 Å². The number of carbonyl (C=O) groups is 1. The molecule has 1 N–H and O–H groups in total. The van der Waals surface area contributed by atoms with Gasteiger partial charge in [-0.3, -0.25) is 9.59 Å². The maximum absolute atomic E-state index is 13.7. The van der Waals surface area contributed by atoms with Gasteiger partial charge in [0.25, 0.3) is 5.91 Å². The standard InChI is InChI=1S/C14H12ClFN2O2/c1-18(8-10-11(15)3-2-4-12(10)16)14(20)9-5-6-17-13(19)7-9/h2-7H,8H2,1H3,(H,17,19). The Labute approximate surface area is 119 Å². The van der Waals surface area contributed by atoms with Crippen molar-refractivity contribution >= 4 is 17.5 Å². The lowest BCUT2D eigenvalue weighted by molar-refractivity contribution is 0.0783. The van der Waals surface area contributed by atoms with E-state index < -0.39 is 5.82 Å². The van der Waals surface area contributed by atoms with E-state index in [2.05, 4.69) is 4.98 Å². The summed E-state index contributed by atoms with van der Waals surface area (Å²) in [5.74, 6) is -0.849. The fourth-order valence-electron chi connectivity index (χ4n) is 1.79. The van der Waals surface area contributed by atoms with E-state index in [1.54, 1.807) is 6.07 Å². The van der Waals surface area contributed by atoms with Crippen LogP contribution in [0.25, 0.3) is 0 Å². The summed E-state index contributed by atoms with van der Waals surface area (Å²) in [5.41, 5.74) is 0.117. The molecule has 0 aliphatic carbocycles. The molecular formula is C14H12ClFN2O2. The van der Waals surface area contributed by atoms with Crippen LogP contribution >= 0.6 is 11.6 Å². The van der Waals surface area contributed by atoms with Crippen molar-refractivity contribution in [3.8, 4) is 0 Å². The molecule has 104 valence electrons. The largest absolute Gasteiger partial charge is 0.337 e. The molecule has 0 saturated carbocycles. The predicted octanol–water partition coefficient (Wildman–Crippen LogP) is 2.44. The van der Waals surface area contributed by atoms with Gasteiger partial charge in [0.15, 0.2) is 0 Å². The first-order chi connectivity index (χ1) is 9.49. The van der Waals surface area contributed by atoms with Crippen LogP contribution in [0.4, 0.5) is 4.39 Å². The summed E-state index contributed by atoms with van der Waals surface area (Å²) in [6, 6.07) is 7.03. The Hall–Kier alpha value is -2.14. The minimum absolute atomic E-state index is 0.0249. The second kappa shape index (κ2) is 5.88. The average Bonchev–Trinajstić information content (AvgIpc) is 2.42. The summed E-state index contributed by atoms with van der Waals surface area (Å²) in [7, 11) is 1.52. The lowest BCUT2D eigenvalue weighted by atomic mass is 10.1. The van der Waals surface area contributed by atoms with Crippen LogP contribution in [0.15, 0.2) is 41.3 Å². The highest BCUT2D eigenvalue weighted by molar-refractivity contribution is 6.31. The molecular weight excluding hydrogens is 283 g/mol. The molecule has 20 heavy (non-hydrogen) atoms. The van der Waals surface area contributed by atoms with Crippen LogP contribution in [-0.2, 0) is 6.54 Å². The van der Waals surface area contributed by atoms with Gasteiger partial charge in [-0.2, -0.15) is 0 Å². The zero-order valence-electron chi connectivity index (χ0n) is 10.7. The number of nitrogens with one attached hydrogen (secondary N) is 1. The summed E-state index contributed by atoms with van der Waals surface area (Å²) >= 11 is 5.92. The molecule has 0 atom stereocenters. The molecule has 6 heteroatoms. The third kappa shape index (κ3) is 3.05. The Morgan fingerprint density at radius 2 is 2.15 bits per heavy atom. The number of nitrogens with zero attached hydrogens (tertiary/aromatic N) is 1. The van der Waals surface area contributed by atoms with Gasteiger partial charge in [-0.15, -0.1) is 0 Å². The number of benzene rings is 1. The molecule has 0 bridgehead atoms. The summed E-state index contributed by atoms with van der Waals surface area (Å²) < 4.78 is 13.7. The van der Waals surface area contributed by atoms with Gasteiger partial charge in [0.2, 0.25) is 5.56 Å². The maximum Gasteiger partial charge on any atom is 0.254 e. The molecule has 1 aromatic carbocycles. The summed E-state index contributed by atoms with van der Waals surface area (Å²) in [5, 5.41) is 0.260. The maximum atomic E-state index is 13.7. The number of aromatic nitrogens is 1. The second-order valence-corrected chi connectivity index (χ2v) is 4.71. The highest BCUT2D eigenvalue weighted by Crippen LogP contribution is 2.20. The molecule has 0 radical (unpaired) electrons. The summed E-state index contributed by atoms with van der Waals surface area (Å²) in [6.45, 7) is 0.0249. The van der Waals surface area contributed by atoms with Gasteiger partial charge < -0.3 is 9.88 Å². The fraction of sp³-hybridized carbons (Fsp3) is 0.143. The van der Waals surface area contributed by atoms with Crippen LogP contribution in [0.1, 0.15) is 15.9 Å². The zero-order valence-corrected chi connectivity index (χ0v) is 11.4. The van der Waals surface area contributed by atoms with Crippen molar-refractivity contribution in [1.82, 2.24) is 9.88 Å². The lowest BCUT2D eigenvalue weighted by Gasteiger charge is -2.18. The normalized spacial score (nSPS) is 10.3. The Kier molecular flexibility index (Phi) is 4.20. The van der Waals surface area contributed by atoms with Crippen LogP contribution in [0.5, 0.6) is 0 Å². The first-order valence-corrected chi connectivity index (χ1v) is 6.24. The average molecular weight is 295 g/mol. The number of halogens is 2. The van der Waals surface area contributed by atoms with E-state index in [1.807, 2.05) is 0 Å². The van der Waals surface area contributed by atoms with E-state index in [1.165, 1.54) is 42.4 Å². The van der Waals surface area contributed by atoms with Crippen LogP contribution in [0, 0.1) is 5.82 Å². The minimum atomic E-state index is -0.469. The van der Waals surface area contributed by atoms with Gasteiger partial charge in [0.05, 0.1) is 0 Å². The van der Waals surface area contributed by atoms with Crippen molar-refractivity contribution in [3.63, 3.8) is 0 Å². The van der Waals surface area contributed by atoms with E-state index in [9.17, 15) is 14.0 Å². The van der Waals surface area contributed by atoms with Crippen molar-refractivity contribution in [3.05, 3.63) is 68.8 Å². The van der Waals surface area contributed by atoms with Gasteiger partial charge in [0, 0.05) is 42.0 Å². The number of amides is 1. The highest BCUT2D eigenvalue weighted by Gasteiger charge is 2.16. The van der Waals surface area contributed by atoms with Gasteiger partial charge in [-0.1, -0.05) is 17.7 Å². The molecule has 0 fully saturated rings. The van der Waals surface area contributed by atoms with Crippen molar-refractivity contribution in [2.24, 2.45) is 0 Å². The minimum Gasteiger partial charge on any atom is -0.337 e. The highest BCUT2D eigenvalue weighted by atomic mass is 35.5. The molecule has 0 aliphatic heterocycles. The van der Waals surface area contributed by atoms with Crippen LogP contribution in [-0.4, -0.2) is 22.8 Å². The van der Waals surface area contributed by atoms with Gasteiger partial charge in [-0.05, 0) is 18.2 Å². The number of carbonyl (C=O) groups excluding carboxylic acids is 1. The van der Waals surface area contributed by atoms with Crippen LogP contribution in [0.2, 0.25) is 5.02 Å². The van der Waals surface area contributed by atoms with Gasteiger partial charge >= 0.3 is 0 Å². The van der Waals surface area contributed by atoms with Crippen LogP contribution in [0.3, 0.4) is 0 Å². The quantitative estimate of drug-likeness (QED) is 0.945. The van der Waals surface area contributed by atoms with Crippen molar-refractivity contribution in [1.29, 1.82) is 0 Å². The molecule has 0 aliphatic rings. The smallest absolute Gasteiger partial charge is 0.254 e. The van der Waals surface area contributed by atoms with Crippen molar-refractivity contribution in [2.75, 3.05) is 7.05 Å². The third-order valence-electron chi connectivity index (χ3n) is 2.83. The number of hydrogen-bond acceptors (Lipinski definition) is 2. The monoisotopic (exact) mass is 294 g/mol. The van der Waals surface area contributed by atoms with Crippen molar-refractivity contribution in [2.45, 2.75) is 6.54 Å². The molecule has 2 aromatic rings. The fourth-order valence-corrected chi connectivity index (χ4v) is 2.01. The number of rotatable bonds is 3. The SMILES string of the molecule is CN(Cc1c(F)cccc1Cl)C(=O)c1cc[nH]c(=O)c1. The molecule has 0 saturated heterocycles. The number of hydrogen-bond donors (Lipinski definition) is 1. The Morgan fingerprint density at radius 1 is 1.40 bits per heavy atom. The molecule has 1 aromatic heterocycles. The number of pyridine rings is 1. The molecule has 0 unspecified atom stereocenters. The molecule has 2 rings (SSSR count). The van der Waals surface area contributed by atoms with E-state index >= 15 is 0 Å². The summed E-state index contributed by atoms with van der Waals surface area (Å²) in [6.07, 6.45) is 1.39. The lowest BCUT2D eigenvalue weighted by Crippen LogP contribution is -2.27. The second-order valence-electron chi connectivity index (χ2n) is 4.30. The Balaban J connectivity index is 2.22. The van der Waals surface area contributed by atoms with E-state index in [-0.39, 0.29) is 34.2 Å². The predicted molar refractivity (Wildman–Crippen MR) is 74.3 cm³/mol. The molecule has 0 spiro atoms. The summed E-state index contributed by atoms with van der Waals surface area (Å²) in [4.78, 5) is 27.0. The first-order valence-electron chi connectivity index (χ1n) is 5.86. The number of aromatic amines is 1. The molecule has 1 heterocycles. The molecule has 4 nitrogen and oxygen atoms in total.